The zero-order chi connectivity index (χ0) is 19.8. The highest BCUT2D eigenvalue weighted by Gasteiger charge is 2.29. The van der Waals surface area contributed by atoms with E-state index in [1.165, 1.54) is 11.9 Å². The van der Waals surface area contributed by atoms with Crippen LogP contribution >= 0.6 is 11.9 Å². The average molecular weight is 396 g/mol. The Morgan fingerprint density at radius 3 is 2.75 bits per heavy atom. The van der Waals surface area contributed by atoms with E-state index in [2.05, 4.69) is 4.72 Å². The molecule has 1 unspecified atom stereocenters. The lowest BCUT2D eigenvalue weighted by Gasteiger charge is -2.17. The van der Waals surface area contributed by atoms with Crippen molar-refractivity contribution >= 4 is 40.3 Å². The highest BCUT2D eigenvalue weighted by Crippen LogP contribution is 2.41. The molecular formula is C21H20N2O4S. The first-order chi connectivity index (χ1) is 13.5. The highest BCUT2D eigenvalue weighted by atomic mass is 32.2. The fourth-order valence-corrected chi connectivity index (χ4v) is 4.46. The van der Waals surface area contributed by atoms with Gasteiger partial charge in [0.05, 0.1) is 18.2 Å². The lowest BCUT2D eigenvalue weighted by Crippen LogP contribution is -2.25. The van der Waals surface area contributed by atoms with E-state index < -0.39 is 12.0 Å². The van der Waals surface area contributed by atoms with Crippen molar-refractivity contribution in [3.8, 4) is 0 Å². The van der Waals surface area contributed by atoms with Crippen LogP contribution in [0.2, 0.25) is 0 Å². The summed E-state index contributed by atoms with van der Waals surface area (Å²) in [5, 5.41) is 11.2. The molecule has 6 nitrogen and oxygen atoms in total. The van der Waals surface area contributed by atoms with Gasteiger partial charge in [0.25, 0.3) is 5.91 Å². The van der Waals surface area contributed by atoms with E-state index >= 15 is 0 Å². The fraction of sp³-hybridized carbons (Fsp3) is 0.238. The molecule has 0 saturated carbocycles. The maximum absolute atomic E-state index is 12.6. The molecule has 1 aromatic heterocycles. The number of carboxylic acids is 1. The van der Waals surface area contributed by atoms with Gasteiger partial charge in [0.2, 0.25) is 0 Å². The minimum atomic E-state index is -0.906. The standard InChI is InChI=1S/C21H20N2O4S/c1-3-23-16-8-10-18(13-5-4-6-14(20(13)16)21(23)26)28-22-15(11-19(24)25)17-9-7-12(2)27-17/h4-10,15,22H,3,11H2,1-2H3,(H,24,25). The molecule has 2 N–H and O–H groups in total. The van der Waals surface area contributed by atoms with Crippen LogP contribution in [0.15, 0.2) is 51.8 Å². The third-order valence-corrected chi connectivity index (χ3v) is 5.83. The number of nitrogens with one attached hydrogen (secondary N) is 1. The van der Waals surface area contributed by atoms with Gasteiger partial charge in [-0.25, -0.2) is 4.72 Å². The number of carboxylic acid groups (broad SMARTS) is 1. The Morgan fingerprint density at radius 2 is 2.07 bits per heavy atom. The smallest absolute Gasteiger partial charge is 0.305 e. The molecule has 4 rings (SSSR count). The maximum atomic E-state index is 12.6. The van der Waals surface area contributed by atoms with E-state index in [9.17, 15) is 14.7 Å². The number of amides is 1. The van der Waals surface area contributed by atoms with Crippen molar-refractivity contribution in [2.45, 2.75) is 31.2 Å². The van der Waals surface area contributed by atoms with Crippen LogP contribution in [0.3, 0.4) is 0 Å². The molecule has 0 radical (unpaired) electrons. The maximum Gasteiger partial charge on any atom is 0.305 e. The van der Waals surface area contributed by atoms with Crippen molar-refractivity contribution in [3.05, 3.63) is 59.5 Å². The summed E-state index contributed by atoms with van der Waals surface area (Å²) in [6, 6.07) is 12.8. The van der Waals surface area contributed by atoms with Crippen molar-refractivity contribution in [2.24, 2.45) is 0 Å². The summed E-state index contributed by atoms with van der Waals surface area (Å²) in [5.74, 6) is 0.441. The molecule has 0 bridgehead atoms. The molecule has 144 valence electrons. The molecule has 2 heterocycles. The molecule has 1 aliphatic heterocycles. The Morgan fingerprint density at radius 1 is 1.25 bits per heavy atom. The second-order valence-electron chi connectivity index (χ2n) is 6.68. The summed E-state index contributed by atoms with van der Waals surface area (Å²) in [6.07, 6.45) is -0.0939. The first kappa shape index (κ1) is 18.6. The summed E-state index contributed by atoms with van der Waals surface area (Å²) in [7, 11) is 0. The normalized spacial score (nSPS) is 14.1. The van der Waals surface area contributed by atoms with Gasteiger partial charge in [0, 0.05) is 22.4 Å². The monoisotopic (exact) mass is 396 g/mol. The van der Waals surface area contributed by atoms with Crippen LogP contribution in [0.25, 0.3) is 10.8 Å². The van der Waals surface area contributed by atoms with Crippen LogP contribution < -0.4 is 9.62 Å². The zero-order valence-corrected chi connectivity index (χ0v) is 16.4. The summed E-state index contributed by atoms with van der Waals surface area (Å²) in [6.45, 7) is 4.40. The Kier molecular flexibility index (Phi) is 4.87. The molecule has 28 heavy (non-hydrogen) atoms. The number of furan rings is 1. The highest BCUT2D eigenvalue weighted by molar-refractivity contribution is 7.97. The molecule has 1 atom stereocenters. The van der Waals surface area contributed by atoms with Gasteiger partial charge < -0.3 is 14.4 Å². The molecule has 0 aliphatic carbocycles. The third kappa shape index (κ3) is 3.16. The molecule has 1 amide bonds. The van der Waals surface area contributed by atoms with Gasteiger partial charge in [-0.15, -0.1) is 0 Å². The predicted molar refractivity (Wildman–Crippen MR) is 109 cm³/mol. The number of hydrogen-bond donors (Lipinski definition) is 2. The van der Waals surface area contributed by atoms with Gasteiger partial charge in [-0.2, -0.15) is 0 Å². The Bertz CT molecular complexity index is 1080. The van der Waals surface area contributed by atoms with Crippen molar-refractivity contribution in [3.63, 3.8) is 0 Å². The summed E-state index contributed by atoms with van der Waals surface area (Å²) >= 11 is 1.36. The van der Waals surface area contributed by atoms with Crippen molar-refractivity contribution < 1.29 is 19.1 Å². The number of nitrogens with zero attached hydrogens (tertiary/aromatic N) is 1. The number of carbonyl (C=O) groups is 2. The van der Waals surface area contributed by atoms with Crippen molar-refractivity contribution in [2.75, 3.05) is 11.4 Å². The summed E-state index contributed by atoms with van der Waals surface area (Å²) in [4.78, 5) is 26.6. The molecule has 2 aromatic carbocycles. The van der Waals surface area contributed by atoms with Gasteiger partial charge in [-0.1, -0.05) is 12.1 Å². The van der Waals surface area contributed by atoms with Crippen LogP contribution in [0.1, 0.15) is 41.3 Å². The van der Waals surface area contributed by atoms with Crippen molar-refractivity contribution in [1.29, 1.82) is 0 Å². The van der Waals surface area contributed by atoms with E-state index in [1.807, 2.05) is 50.2 Å². The summed E-state index contributed by atoms with van der Waals surface area (Å²) in [5.41, 5.74) is 1.63. The van der Waals surface area contributed by atoms with Gasteiger partial charge >= 0.3 is 5.97 Å². The first-order valence-electron chi connectivity index (χ1n) is 9.07. The second kappa shape index (κ2) is 7.33. The SMILES string of the molecule is CCN1C(=O)c2cccc3c(SNC(CC(=O)O)c4ccc(C)o4)ccc1c23. The lowest BCUT2D eigenvalue weighted by molar-refractivity contribution is -0.137. The quantitative estimate of drug-likeness (QED) is 0.571. The fourth-order valence-electron chi connectivity index (χ4n) is 3.57. The third-order valence-electron chi connectivity index (χ3n) is 4.86. The second-order valence-corrected chi connectivity index (χ2v) is 7.56. The lowest BCUT2D eigenvalue weighted by atomic mass is 10.1. The van der Waals surface area contributed by atoms with E-state index in [1.54, 1.807) is 11.0 Å². The molecular weight excluding hydrogens is 376 g/mol. The average Bonchev–Trinajstić information content (AvgIpc) is 3.22. The van der Waals surface area contributed by atoms with Gasteiger partial charge in [0.1, 0.15) is 11.5 Å². The van der Waals surface area contributed by atoms with Gasteiger partial charge in [0.15, 0.2) is 0 Å². The van der Waals surface area contributed by atoms with Crippen LogP contribution in [-0.2, 0) is 4.79 Å². The van der Waals surface area contributed by atoms with Crippen molar-refractivity contribution in [1.82, 2.24) is 4.72 Å². The van der Waals surface area contributed by atoms with E-state index in [4.69, 9.17) is 4.42 Å². The predicted octanol–water partition coefficient (Wildman–Crippen LogP) is 4.53. The number of carbonyl (C=O) groups excluding carboxylic acids is 1. The number of benzene rings is 2. The number of aliphatic carboxylic acids is 1. The number of hydrogen-bond acceptors (Lipinski definition) is 5. The molecule has 0 fully saturated rings. The Hall–Kier alpha value is -2.77. The van der Waals surface area contributed by atoms with E-state index in [0.717, 1.165) is 27.1 Å². The van der Waals surface area contributed by atoms with Gasteiger partial charge in [-0.05, 0) is 61.5 Å². The number of aryl methyl sites for hydroxylation is 1. The minimum Gasteiger partial charge on any atom is -0.481 e. The molecule has 3 aromatic rings. The van der Waals surface area contributed by atoms with Crippen LogP contribution in [-0.4, -0.2) is 23.5 Å². The number of rotatable bonds is 7. The molecule has 7 heteroatoms. The Labute approximate surface area is 166 Å². The summed E-state index contributed by atoms with van der Waals surface area (Å²) < 4.78 is 8.85. The molecule has 0 spiro atoms. The molecule has 1 aliphatic rings. The zero-order valence-electron chi connectivity index (χ0n) is 15.6. The topological polar surface area (TPSA) is 82.8 Å². The van der Waals surface area contributed by atoms with Crippen LogP contribution in [0.4, 0.5) is 5.69 Å². The van der Waals surface area contributed by atoms with Crippen LogP contribution in [0.5, 0.6) is 0 Å². The van der Waals surface area contributed by atoms with Gasteiger partial charge in [-0.3, -0.25) is 9.59 Å². The largest absolute Gasteiger partial charge is 0.481 e. The molecule has 0 saturated heterocycles. The first-order valence-corrected chi connectivity index (χ1v) is 9.89. The Balaban J connectivity index is 1.66. The van der Waals surface area contributed by atoms with Crippen LogP contribution in [0, 0.1) is 6.92 Å². The van der Waals surface area contributed by atoms with E-state index in [0.29, 0.717) is 17.9 Å². The number of anilines is 1. The minimum absolute atomic E-state index is 0.0213. The van der Waals surface area contributed by atoms with E-state index in [-0.39, 0.29) is 12.3 Å².